The van der Waals surface area contributed by atoms with Gasteiger partial charge < -0.3 is 9.84 Å². The number of carboxylic acid groups (broad SMARTS) is 1. The summed E-state index contributed by atoms with van der Waals surface area (Å²) in [6, 6.07) is 4.45. The number of carbonyl (C=O) groups is 2. The highest BCUT2D eigenvalue weighted by Gasteiger charge is 2.07. The maximum atomic E-state index is 10.6. The van der Waals surface area contributed by atoms with E-state index in [1.165, 1.54) is 25.1 Å². The molecule has 0 radical (unpaired) electrons. The van der Waals surface area contributed by atoms with Crippen LogP contribution in [0.1, 0.15) is 12.5 Å². The zero-order valence-corrected chi connectivity index (χ0v) is 8.75. The van der Waals surface area contributed by atoms with Gasteiger partial charge in [0, 0.05) is 11.9 Å². The van der Waals surface area contributed by atoms with Gasteiger partial charge in [-0.05, 0) is 17.7 Å². The first-order valence-electron chi connectivity index (χ1n) is 4.17. The van der Waals surface area contributed by atoms with Crippen LogP contribution >= 0.6 is 11.6 Å². The van der Waals surface area contributed by atoms with E-state index in [4.69, 9.17) is 21.4 Å². The fourth-order valence-corrected chi connectivity index (χ4v) is 1.30. The van der Waals surface area contributed by atoms with Crippen LogP contribution in [0.25, 0.3) is 0 Å². The average Bonchev–Trinajstić information content (AvgIpc) is 2.08. The van der Waals surface area contributed by atoms with Gasteiger partial charge in [0.25, 0.3) is 0 Å². The summed E-state index contributed by atoms with van der Waals surface area (Å²) in [5.41, 5.74) is 0.486. The van der Waals surface area contributed by atoms with Crippen molar-refractivity contribution in [1.29, 1.82) is 0 Å². The van der Waals surface area contributed by atoms with Crippen LogP contribution in [0, 0.1) is 0 Å². The monoisotopic (exact) mass is 228 g/mol. The minimum atomic E-state index is -0.961. The summed E-state index contributed by atoms with van der Waals surface area (Å²) in [5, 5.41) is 8.84. The number of hydrogen-bond donors (Lipinski definition) is 1. The van der Waals surface area contributed by atoms with Crippen LogP contribution in [-0.4, -0.2) is 17.0 Å². The van der Waals surface area contributed by atoms with Crippen molar-refractivity contribution >= 4 is 23.5 Å². The lowest BCUT2D eigenvalue weighted by molar-refractivity contribution is -0.136. The molecule has 15 heavy (non-hydrogen) atoms. The Morgan fingerprint density at radius 1 is 1.47 bits per heavy atom. The molecule has 1 aromatic carbocycles. The van der Waals surface area contributed by atoms with E-state index < -0.39 is 11.9 Å². The van der Waals surface area contributed by atoms with Crippen molar-refractivity contribution in [2.24, 2.45) is 0 Å². The van der Waals surface area contributed by atoms with Gasteiger partial charge in [-0.2, -0.15) is 0 Å². The van der Waals surface area contributed by atoms with Gasteiger partial charge in [-0.25, -0.2) is 0 Å². The van der Waals surface area contributed by atoms with Crippen LogP contribution in [0.5, 0.6) is 5.75 Å². The third kappa shape index (κ3) is 3.59. The Morgan fingerprint density at radius 3 is 2.60 bits per heavy atom. The maximum Gasteiger partial charge on any atom is 0.308 e. The molecule has 80 valence electrons. The van der Waals surface area contributed by atoms with E-state index >= 15 is 0 Å². The van der Waals surface area contributed by atoms with E-state index in [2.05, 4.69) is 0 Å². The number of rotatable bonds is 3. The van der Waals surface area contributed by atoms with Crippen LogP contribution < -0.4 is 4.74 Å². The fraction of sp³-hybridized carbons (Fsp3) is 0.200. The SMILES string of the molecule is CC(=O)Oc1ccc(CC(=O)O)c(Cl)c1. The van der Waals surface area contributed by atoms with Crippen molar-refractivity contribution in [3.63, 3.8) is 0 Å². The predicted octanol–water partition coefficient (Wildman–Crippen LogP) is 1.89. The summed E-state index contributed by atoms with van der Waals surface area (Å²) in [6.45, 7) is 1.28. The van der Waals surface area contributed by atoms with Crippen LogP contribution in [0.15, 0.2) is 18.2 Å². The molecule has 0 spiro atoms. The van der Waals surface area contributed by atoms with Gasteiger partial charge in [0.05, 0.1) is 6.42 Å². The molecular weight excluding hydrogens is 220 g/mol. The number of esters is 1. The molecule has 1 N–H and O–H groups in total. The second-order valence-electron chi connectivity index (χ2n) is 2.92. The average molecular weight is 229 g/mol. The largest absolute Gasteiger partial charge is 0.481 e. The van der Waals surface area contributed by atoms with E-state index in [-0.39, 0.29) is 11.4 Å². The van der Waals surface area contributed by atoms with Gasteiger partial charge in [0.15, 0.2) is 0 Å². The molecule has 0 aromatic heterocycles. The molecule has 0 saturated carbocycles. The number of halogens is 1. The van der Waals surface area contributed by atoms with Crippen LogP contribution in [-0.2, 0) is 16.0 Å². The first-order valence-corrected chi connectivity index (χ1v) is 4.55. The summed E-state index contributed by atoms with van der Waals surface area (Å²) >= 11 is 5.80. The summed E-state index contributed by atoms with van der Waals surface area (Å²) in [4.78, 5) is 21.1. The molecule has 5 heteroatoms. The van der Waals surface area contributed by atoms with Crippen molar-refractivity contribution < 1.29 is 19.4 Å². The number of carboxylic acids is 1. The summed E-state index contributed by atoms with van der Waals surface area (Å²) in [6.07, 6.45) is -0.154. The van der Waals surface area contributed by atoms with Crippen LogP contribution in [0.2, 0.25) is 5.02 Å². The number of hydrogen-bond acceptors (Lipinski definition) is 3. The molecule has 0 bridgehead atoms. The minimum absolute atomic E-state index is 0.154. The molecule has 1 rings (SSSR count). The number of benzene rings is 1. The Bertz CT molecular complexity index is 400. The Morgan fingerprint density at radius 2 is 2.13 bits per heavy atom. The molecule has 0 aliphatic heterocycles. The highest BCUT2D eigenvalue weighted by Crippen LogP contribution is 2.23. The van der Waals surface area contributed by atoms with Gasteiger partial charge in [0.1, 0.15) is 5.75 Å². The number of carbonyl (C=O) groups excluding carboxylic acids is 1. The molecule has 0 atom stereocenters. The van der Waals surface area contributed by atoms with E-state index in [1.54, 1.807) is 0 Å². The molecule has 0 aliphatic carbocycles. The van der Waals surface area contributed by atoms with Gasteiger partial charge in [-0.1, -0.05) is 17.7 Å². The van der Waals surface area contributed by atoms with Crippen molar-refractivity contribution in [1.82, 2.24) is 0 Å². The predicted molar refractivity (Wildman–Crippen MR) is 54.1 cm³/mol. The van der Waals surface area contributed by atoms with Gasteiger partial charge in [-0.15, -0.1) is 0 Å². The Hall–Kier alpha value is -1.55. The van der Waals surface area contributed by atoms with E-state index in [0.717, 1.165) is 0 Å². The van der Waals surface area contributed by atoms with Crippen molar-refractivity contribution in [2.45, 2.75) is 13.3 Å². The topological polar surface area (TPSA) is 63.6 Å². The third-order valence-corrected chi connectivity index (χ3v) is 1.98. The van der Waals surface area contributed by atoms with Crippen molar-refractivity contribution in [2.75, 3.05) is 0 Å². The molecule has 0 unspecified atom stereocenters. The third-order valence-electron chi connectivity index (χ3n) is 1.63. The Balaban J connectivity index is 2.87. The molecular formula is C10H9ClO4. The van der Waals surface area contributed by atoms with Gasteiger partial charge in [-0.3, -0.25) is 9.59 Å². The number of aliphatic carboxylic acids is 1. The molecule has 0 saturated heterocycles. The normalized spacial score (nSPS) is 9.73. The molecule has 0 amide bonds. The zero-order chi connectivity index (χ0) is 11.4. The summed E-state index contributed by atoms with van der Waals surface area (Å²) < 4.78 is 4.78. The second kappa shape index (κ2) is 4.79. The van der Waals surface area contributed by atoms with Gasteiger partial charge >= 0.3 is 11.9 Å². The Kier molecular flexibility index (Phi) is 3.68. The smallest absolute Gasteiger partial charge is 0.308 e. The molecule has 0 aliphatic rings. The summed E-state index contributed by atoms with van der Waals surface area (Å²) in [5.74, 6) is -1.10. The standard InChI is InChI=1S/C10H9ClO4/c1-6(12)15-8-3-2-7(4-10(13)14)9(11)5-8/h2-3,5H,4H2,1H3,(H,13,14). The molecule has 0 fully saturated rings. The number of ether oxygens (including phenoxy) is 1. The molecule has 1 aromatic rings. The molecule has 0 heterocycles. The van der Waals surface area contributed by atoms with Crippen LogP contribution in [0.4, 0.5) is 0 Å². The lowest BCUT2D eigenvalue weighted by Crippen LogP contribution is -2.03. The maximum absolute atomic E-state index is 10.6. The molecule has 4 nitrogen and oxygen atoms in total. The lowest BCUT2D eigenvalue weighted by atomic mass is 10.1. The first-order chi connectivity index (χ1) is 6.99. The van der Waals surface area contributed by atoms with E-state index in [9.17, 15) is 9.59 Å². The highest BCUT2D eigenvalue weighted by atomic mass is 35.5. The zero-order valence-electron chi connectivity index (χ0n) is 7.99. The quantitative estimate of drug-likeness (QED) is 0.634. The summed E-state index contributed by atoms with van der Waals surface area (Å²) in [7, 11) is 0. The van der Waals surface area contributed by atoms with Crippen molar-refractivity contribution in [3.05, 3.63) is 28.8 Å². The minimum Gasteiger partial charge on any atom is -0.481 e. The first kappa shape index (κ1) is 11.5. The van der Waals surface area contributed by atoms with Crippen LogP contribution in [0.3, 0.4) is 0 Å². The van der Waals surface area contributed by atoms with E-state index in [0.29, 0.717) is 11.3 Å². The van der Waals surface area contributed by atoms with Crippen molar-refractivity contribution in [3.8, 4) is 5.75 Å². The lowest BCUT2D eigenvalue weighted by Gasteiger charge is -2.04. The highest BCUT2D eigenvalue weighted by molar-refractivity contribution is 6.31. The second-order valence-corrected chi connectivity index (χ2v) is 3.32. The fourth-order valence-electron chi connectivity index (χ4n) is 1.06. The Labute approximate surface area is 91.4 Å². The van der Waals surface area contributed by atoms with Gasteiger partial charge in [0.2, 0.25) is 0 Å². The van der Waals surface area contributed by atoms with E-state index in [1.807, 2.05) is 0 Å².